The molecule has 1 aromatic carbocycles. The van der Waals surface area contributed by atoms with Crippen molar-refractivity contribution in [1.82, 2.24) is 0 Å². The Labute approximate surface area is 102 Å². The van der Waals surface area contributed by atoms with E-state index in [2.05, 4.69) is 15.9 Å². The second kappa shape index (κ2) is 4.84. The number of para-hydroxylation sites is 1. The maximum Gasteiger partial charge on any atom is 0.414 e. The highest BCUT2D eigenvalue weighted by Crippen LogP contribution is 2.28. The third kappa shape index (κ3) is 2.20. The summed E-state index contributed by atoms with van der Waals surface area (Å²) in [6, 6.07) is 7.44. The van der Waals surface area contributed by atoms with Crippen LogP contribution in [0.25, 0.3) is 0 Å². The molecule has 4 nitrogen and oxygen atoms in total. The average Bonchev–Trinajstić information content (AvgIpc) is 2.31. The number of benzene rings is 1. The topological polar surface area (TPSA) is 49.8 Å². The number of carbonyl (C=O) groups excluding carboxylic acids is 1. The number of halogens is 1. The lowest BCUT2D eigenvalue weighted by Gasteiger charge is -2.31. The van der Waals surface area contributed by atoms with Gasteiger partial charge >= 0.3 is 6.09 Å². The molecular formula is C11H12BrNO3. The summed E-state index contributed by atoms with van der Waals surface area (Å²) in [5.74, 6) is -0.0233. The summed E-state index contributed by atoms with van der Waals surface area (Å²) >= 11 is 3.39. The highest BCUT2D eigenvalue weighted by molar-refractivity contribution is 9.10. The maximum atomic E-state index is 11.6. The van der Waals surface area contributed by atoms with Crippen LogP contribution >= 0.6 is 15.9 Å². The summed E-state index contributed by atoms with van der Waals surface area (Å²) in [5, 5.41) is 9.08. The molecule has 0 saturated carbocycles. The summed E-state index contributed by atoms with van der Waals surface area (Å²) in [5.41, 5.74) is 0.769. The van der Waals surface area contributed by atoms with Crippen LogP contribution in [0.1, 0.15) is 0 Å². The van der Waals surface area contributed by atoms with Crippen molar-refractivity contribution in [1.29, 1.82) is 0 Å². The van der Waals surface area contributed by atoms with Gasteiger partial charge in [0.1, 0.15) is 0 Å². The van der Waals surface area contributed by atoms with Gasteiger partial charge in [0.2, 0.25) is 0 Å². The normalized spacial score (nSPS) is 20.8. The maximum absolute atomic E-state index is 11.6. The van der Waals surface area contributed by atoms with Crippen LogP contribution in [-0.2, 0) is 4.74 Å². The van der Waals surface area contributed by atoms with E-state index in [-0.39, 0.29) is 25.2 Å². The minimum atomic E-state index is -0.364. The van der Waals surface area contributed by atoms with Crippen molar-refractivity contribution in [3.63, 3.8) is 0 Å². The number of hydrogen-bond acceptors (Lipinski definition) is 3. The first-order valence-corrected chi connectivity index (χ1v) is 5.81. The molecule has 16 heavy (non-hydrogen) atoms. The quantitative estimate of drug-likeness (QED) is 0.904. The number of carbonyl (C=O) groups is 1. The van der Waals surface area contributed by atoms with Crippen LogP contribution in [0.15, 0.2) is 28.7 Å². The summed E-state index contributed by atoms with van der Waals surface area (Å²) in [6.07, 6.45) is -0.364. The minimum absolute atomic E-state index is 0.0221. The molecule has 1 heterocycles. The van der Waals surface area contributed by atoms with E-state index in [1.165, 1.54) is 4.90 Å². The van der Waals surface area contributed by atoms with Crippen LogP contribution < -0.4 is 4.90 Å². The van der Waals surface area contributed by atoms with Gasteiger partial charge in [-0.05, 0) is 28.1 Å². The van der Waals surface area contributed by atoms with Crippen molar-refractivity contribution in [2.45, 2.75) is 0 Å². The fraction of sp³-hybridized carbons (Fsp3) is 0.364. The first-order valence-electron chi connectivity index (χ1n) is 5.02. The van der Waals surface area contributed by atoms with Crippen LogP contribution in [0.3, 0.4) is 0 Å². The van der Waals surface area contributed by atoms with Gasteiger partial charge in [-0.1, -0.05) is 12.1 Å². The Bertz CT molecular complexity index is 397. The fourth-order valence-corrected chi connectivity index (χ4v) is 2.13. The number of ether oxygens (including phenoxy) is 1. The molecular weight excluding hydrogens is 274 g/mol. The monoisotopic (exact) mass is 285 g/mol. The number of aliphatic hydroxyl groups excluding tert-OH is 1. The summed E-state index contributed by atoms with van der Waals surface area (Å²) in [4.78, 5) is 13.1. The first-order chi connectivity index (χ1) is 7.72. The Morgan fingerprint density at radius 3 is 2.94 bits per heavy atom. The SMILES string of the molecule is O=C1OCC(CO)CN1c1ccccc1Br. The predicted molar refractivity (Wildman–Crippen MR) is 63.4 cm³/mol. The number of rotatable bonds is 2. The second-order valence-corrected chi connectivity index (χ2v) is 4.54. The molecule has 5 heteroatoms. The standard InChI is InChI=1S/C11H12BrNO3/c12-9-3-1-2-4-10(9)13-5-8(6-14)7-16-11(13)15/h1-4,8,14H,5-7H2. The van der Waals surface area contributed by atoms with Gasteiger partial charge < -0.3 is 9.84 Å². The molecule has 1 saturated heterocycles. The Balaban J connectivity index is 2.25. The molecule has 1 atom stereocenters. The predicted octanol–water partition coefficient (Wildman–Crippen LogP) is 2.01. The molecule has 1 unspecified atom stereocenters. The van der Waals surface area contributed by atoms with Crippen LogP contribution in [0, 0.1) is 5.92 Å². The van der Waals surface area contributed by atoms with Gasteiger partial charge in [-0.2, -0.15) is 0 Å². The van der Waals surface area contributed by atoms with Crippen LogP contribution in [-0.4, -0.2) is 31.0 Å². The lowest BCUT2D eigenvalue weighted by molar-refractivity contribution is 0.0899. The van der Waals surface area contributed by atoms with Gasteiger partial charge in [-0.3, -0.25) is 4.90 Å². The van der Waals surface area contributed by atoms with E-state index in [0.717, 1.165) is 10.2 Å². The highest BCUT2D eigenvalue weighted by Gasteiger charge is 2.28. The molecule has 1 amide bonds. The second-order valence-electron chi connectivity index (χ2n) is 3.69. The number of amides is 1. The number of anilines is 1. The lowest BCUT2D eigenvalue weighted by Crippen LogP contribution is -2.44. The minimum Gasteiger partial charge on any atom is -0.449 e. The first kappa shape index (κ1) is 11.4. The highest BCUT2D eigenvalue weighted by atomic mass is 79.9. The smallest absolute Gasteiger partial charge is 0.414 e. The van der Waals surface area contributed by atoms with Crippen LogP contribution in [0.2, 0.25) is 0 Å². The molecule has 1 aliphatic heterocycles. The van der Waals surface area contributed by atoms with E-state index in [1.54, 1.807) is 0 Å². The Morgan fingerprint density at radius 1 is 1.50 bits per heavy atom. The van der Waals surface area contributed by atoms with E-state index in [4.69, 9.17) is 9.84 Å². The van der Waals surface area contributed by atoms with Crippen molar-refractivity contribution in [2.75, 3.05) is 24.7 Å². The van der Waals surface area contributed by atoms with E-state index in [9.17, 15) is 4.79 Å². The zero-order valence-corrected chi connectivity index (χ0v) is 10.2. The third-order valence-electron chi connectivity index (χ3n) is 2.51. The Kier molecular flexibility index (Phi) is 3.46. The summed E-state index contributed by atoms with van der Waals surface area (Å²) < 4.78 is 5.85. The molecule has 0 bridgehead atoms. The molecule has 0 aromatic heterocycles. The molecule has 1 N–H and O–H groups in total. The molecule has 0 aliphatic carbocycles. The Hall–Kier alpha value is -1.07. The molecule has 86 valence electrons. The summed E-state index contributed by atoms with van der Waals surface area (Å²) in [7, 11) is 0. The van der Waals surface area contributed by atoms with Gasteiger partial charge in [0.15, 0.2) is 0 Å². The lowest BCUT2D eigenvalue weighted by atomic mass is 10.1. The van der Waals surface area contributed by atoms with Gasteiger partial charge in [0.05, 0.1) is 18.9 Å². The fourth-order valence-electron chi connectivity index (χ4n) is 1.63. The zero-order chi connectivity index (χ0) is 11.5. The van der Waals surface area contributed by atoms with Gasteiger partial charge in [0.25, 0.3) is 0 Å². The summed E-state index contributed by atoms with van der Waals surface area (Å²) in [6.45, 7) is 0.794. The van der Waals surface area contributed by atoms with E-state index >= 15 is 0 Å². The number of nitrogens with zero attached hydrogens (tertiary/aromatic N) is 1. The van der Waals surface area contributed by atoms with E-state index in [0.29, 0.717) is 6.54 Å². The molecule has 1 aliphatic rings. The molecule has 0 spiro atoms. The van der Waals surface area contributed by atoms with Crippen molar-refractivity contribution < 1.29 is 14.6 Å². The average molecular weight is 286 g/mol. The Morgan fingerprint density at radius 2 is 2.25 bits per heavy atom. The van der Waals surface area contributed by atoms with Gasteiger partial charge in [0, 0.05) is 16.9 Å². The van der Waals surface area contributed by atoms with E-state index in [1.807, 2.05) is 24.3 Å². The number of aliphatic hydroxyl groups is 1. The van der Waals surface area contributed by atoms with Gasteiger partial charge in [-0.15, -0.1) is 0 Å². The molecule has 1 fully saturated rings. The number of cyclic esters (lactones) is 1. The largest absolute Gasteiger partial charge is 0.449 e. The van der Waals surface area contributed by atoms with Crippen molar-refractivity contribution >= 4 is 27.7 Å². The van der Waals surface area contributed by atoms with Gasteiger partial charge in [-0.25, -0.2) is 4.79 Å². The third-order valence-corrected chi connectivity index (χ3v) is 3.18. The van der Waals surface area contributed by atoms with Crippen molar-refractivity contribution in [3.8, 4) is 0 Å². The molecule has 0 radical (unpaired) electrons. The van der Waals surface area contributed by atoms with Crippen LogP contribution in [0.4, 0.5) is 10.5 Å². The number of hydrogen-bond donors (Lipinski definition) is 1. The van der Waals surface area contributed by atoms with Crippen LogP contribution in [0.5, 0.6) is 0 Å². The van der Waals surface area contributed by atoms with Crippen molar-refractivity contribution in [3.05, 3.63) is 28.7 Å². The molecule has 1 aromatic rings. The van der Waals surface area contributed by atoms with Crippen molar-refractivity contribution in [2.24, 2.45) is 5.92 Å². The zero-order valence-electron chi connectivity index (χ0n) is 8.60. The van der Waals surface area contributed by atoms with E-state index < -0.39 is 0 Å². The molecule has 2 rings (SSSR count).